The second-order valence-corrected chi connectivity index (χ2v) is 2.35. The zero-order chi connectivity index (χ0) is 5.40. The summed E-state index contributed by atoms with van der Waals surface area (Å²) >= 11 is 1.59. The maximum absolute atomic E-state index is 3.79. The molecule has 2 rings (SSSR count). The molecule has 0 unspecified atom stereocenters. The SMILES string of the molecule is c1cc2[nH]nnc2s1. The van der Waals surface area contributed by atoms with Gasteiger partial charge in [-0.3, -0.25) is 5.10 Å². The number of rotatable bonds is 0. The van der Waals surface area contributed by atoms with E-state index in [2.05, 4.69) is 15.4 Å². The van der Waals surface area contributed by atoms with Crippen molar-refractivity contribution in [1.29, 1.82) is 0 Å². The van der Waals surface area contributed by atoms with Gasteiger partial charge in [-0.15, -0.1) is 16.4 Å². The molecule has 0 radical (unpaired) electrons. The summed E-state index contributed by atoms with van der Waals surface area (Å²) in [6.07, 6.45) is 0. The van der Waals surface area contributed by atoms with Crippen LogP contribution in [0.4, 0.5) is 0 Å². The Balaban J connectivity index is 3.06. The lowest BCUT2D eigenvalue weighted by Crippen LogP contribution is -1.64. The Labute approximate surface area is 49.3 Å². The van der Waals surface area contributed by atoms with Crippen molar-refractivity contribution < 1.29 is 0 Å². The quantitative estimate of drug-likeness (QED) is 0.571. The monoisotopic (exact) mass is 125 g/mol. The second kappa shape index (κ2) is 1.29. The Kier molecular flexibility index (Phi) is 0.648. The van der Waals surface area contributed by atoms with E-state index >= 15 is 0 Å². The third-order valence-electron chi connectivity index (χ3n) is 0.956. The minimum absolute atomic E-state index is 0.977. The van der Waals surface area contributed by atoms with Crippen LogP contribution in [0.5, 0.6) is 0 Å². The fourth-order valence-corrected chi connectivity index (χ4v) is 1.25. The van der Waals surface area contributed by atoms with E-state index in [0.29, 0.717) is 0 Å². The Morgan fingerprint density at radius 3 is 3.50 bits per heavy atom. The number of H-pyrrole nitrogens is 1. The van der Waals surface area contributed by atoms with E-state index in [4.69, 9.17) is 0 Å². The van der Waals surface area contributed by atoms with E-state index in [1.807, 2.05) is 11.4 Å². The number of nitrogens with one attached hydrogen (secondary N) is 1. The fourth-order valence-electron chi connectivity index (χ4n) is 0.588. The molecule has 8 heavy (non-hydrogen) atoms. The van der Waals surface area contributed by atoms with E-state index in [-0.39, 0.29) is 0 Å². The highest BCUT2D eigenvalue weighted by atomic mass is 32.1. The van der Waals surface area contributed by atoms with Crippen molar-refractivity contribution in [2.24, 2.45) is 0 Å². The molecule has 1 N–H and O–H groups in total. The van der Waals surface area contributed by atoms with Crippen LogP contribution in [0.2, 0.25) is 0 Å². The number of aromatic amines is 1. The van der Waals surface area contributed by atoms with Crippen LogP contribution < -0.4 is 0 Å². The number of thiophene rings is 1. The molecule has 0 aromatic carbocycles. The van der Waals surface area contributed by atoms with Crippen molar-refractivity contribution in [2.45, 2.75) is 0 Å². The standard InChI is InChI=1S/C4H3N3S/c1-2-8-4-3(1)5-7-6-4/h1-2H,(H,5,6,7). The first-order chi connectivity index (χ1) is 3.97. The van der Waals surface area contributed by atoms with Crippen molar-refractivity contribution in [2.75, 3.05) is 0 Å². The van der Waals surface area contributed by atoms with Crippen LogP contribution in [0.15, 0.2) is 11.4 Å². The average molecular weight is 125 g/mol. The Bertz CT molecular complexity index is 233. The molecule has 0 aliphatic carbocycles. The molecule has 0 aliphatic heterocycles. The smallest absolute Gasteiger partial charge is 0.165 e. The Hall–Kier alpha value is -0.900. The number of fused-ring (bicyclic) bond motifs is 1. The van der Waals surface area contributed by atoms with Crippen LogP contribution in [-0.2, 0) is 0 Å². The molecule has 2 aromatic heterocycles. The molecule has 0 saturated heterocycles. The molecule has 0 amide bonds. The van der Waals surface area contributed by atoms with Crippen molar-refractivity contribution >= 4 is 21.7 Å². The average Bonchev–Trinajstić information content (AvgIpc) is 2.15. The number of aromatic nitrogens is 3. The molecule has 0 bridgehead atoms. The molecule has 0 fully saturated rings. The first kappa shape index (κ1) is 4.03. The van der Waals surface area contributed by atoms with Crippen molar-refractivity contribution in [1.82, 2.24) is 15.4 Å². The molecule has 3 nitrogen and oxygen atoms in total. The molecule has 2 aromatic rings. The third kappa shape index (κ3) is 0.376. The summed E-state index contributed by atoms with van der Waals surface area (Å²) in [5.74, 6) is 0. The second-order valence-electron chi connectivity index (χ2n) is 1.45. The molecule has 0 aliphatic rings. The van der Waals surface area contributed by atoms with Gasteiger partial charge in [0, 0.05) is 0 Å². The highest BCUT2D eigenvalue weighted by Crippen LogP contribution is 2.12. The van der Waals surface area contributed by atoms with Gasteiger partial charge in [0.2, 0.25) is 0 Å². The van der Waals surface area contributed by atoms with Crippen LogP contribution in [0, 0.1) is 0 Å². The summed E-state index contributed by atoms with van der Waals surface area (Å²) in [6, 6.07) is 1.96. The van der Waals surface area contributed by atoms with Gasteiger partial charge in [0.25, 0.3) is 0 Å². The lowest BCUT2D eigenvalue weighted by molar-refractivity contribution is 0.961. The van der Waals surface area contributed by atoms with Gasteiger partial charge in [0.15, 0.2) is 4.83 Å². The van der Waals surface area contributed by atoms with Gasteiger partial charge in [-0.25, -0.2) is 0 Å². The van der Waals surface area contributed by atoms with Gasteiger partial charge >= 0.3 is 0 Å². The van der Waals surface area contributed by atoms with Crippen LogP contribution in [0.1, 0.15) is 0 Å². The third-order valence-corrected chi connectivity index (χ3v) is 1.75. The zero-order valence-electron chi connectivity index (χ0n) is 3.96. The summed E-state index contributed by atoms with van der Waals surface area (Å²) in [6.45, 7) is 0. The molecular formula is C4H3N3S. The Morgan fingerprint density at radius 1 is 1.62 bits per heavy atom. The maximum Gasteiger partial charge on any atom is 0.165 e. The topological polar surface area (TPSA) is 41.6 Å². The van der Waals surface area contributed by atoms with Gasteiger partial charge in [-0.2, -0.15) is 0 Å². The highest BCUT2D eigenvalue weighted by molar-refractivity contribution is 7.16. The Morgan fingerprint density at radius 2 is 2.62 bits per heavy atom. The van der Waals surface area contributed by atoms with Crippen molar-refractivity contribution in [3.05, 3.63) is 11.4 Å². The van der Waals surface area contributed by atoms with Gasteiger partial charge < -0.3 is 0 Å². The molecule has 0 saturated carbocycles. The van der Waals surface area contributed by atoms with Crippen LogP contribution in [0.3, 0.4) is 0 Å². The maximum atomic E-state index is 3.79. The summed E-state index contributed by atoms with van der Waals surface area (Å²) in [7, 11) is 0. The molecule has 2 heterocycles. The van der Waals surface area contributed by atoms with Crippen LogP contribution in [0.25, 0.3) is 10.3 Å². The van der Waals surface area contributed by atoms with Gasteiger partial charge in [-0.1, -0.05) is 5.21 Å². The largest absolute Gasteiger partial charge is 0.257 e. The molecule has 4 heteroatoms. The van der Waals surface area contributed by atoms with Crippen LogP contribution in [-0.4, -0.2) is 15.4 Å². The van der Waals surface area contributed by atoms with E-state index < -0.39 is 0 Å². The normalized spacial score (nSPS) is 10.5. The first-order valence-electron chi connectivity index (χ1n) is 2.21. The van der Waals surface area contributed by atoms with Gasteiger partial charge in [-0.05, 0) is 11.4 Å². The molecule has 40 valence electrons. The fraction of sp³-hybridized carbons (Fsp3) is 0. The van der Waals surface area contributed by atoms with E-state index in [1.165, 1.54) is 0 Å². The number of nitrogens with zero attached hydrogens (tertiary/aromatic N) is 2. The lowest BCUT2D eigenvalue weighted by atomic mass is 10.6. The predicted molar refractivity (Wildman–Crippen MR) is 31.8 cm³/mol. The van der Waals surface area contributed by atoms with Gasteiger partial charge in [0.1, 0.15) is 0 Å². The summed E-state index contributed by atoms with van der Waals surface area (Å²) in [5.41, 5.74) is 1.02. The molecule has 0 atom stereocenters. The summed E-state index contributed by atoms with van der Waals surface area (Å²) in [4.78, 5) is 0.977. The van der Waals surface area contributed by atoms with E-state index in [1.54, 1.807) is 11.3 Å². The molecule has 0 spiro atoms. The number of hydrogen-bond acceptors (Lipinski definition) is 3. The predicted octanol–water partition coefficient (Wildman–Crippen LogP) is 1.02. The minimum Gasteiger partial charge on any atom is -0.257 e. The zero-order valence-corrected chi connectivity index (χ0v) is 4.77. The van der Waals surface area contributed by atoms with Gasteiger partial charge in [0.05, 0.1) is 5.52 Å². The highest BCUT2D eigenvalue weighted by Gasteiger charge is 1.93. The number of hydrogen-bond donors (Lipinski definition) is 1. The van der Waals surface area contributed by atoms with E-state index in [0.717, 1.165) is 10.3 Å². The minimum atomic E-state index is 0.977. The van der Waals surface area contributed by atoms with E-state index in [9.17, 15) is 0 Å². The molecular weight excluding hydrogens is 122 g/mol. The summed E-state index contributed by atoms with van der Waals surface area (Å²) < 4.78 is 0. The van der Waals surface area contributed by atoms with Crippen molar-refractivity contribution in [3.63, 3.8) is 0 Å². The first-order valence-corrected chi connectivity index (χ1v) is 3.09. The van der Waals surface area contributed by atoms with Crippen molar-refractivity contribution in [3.8, 4) is 0 Å². The summed E-state index contributed by atoms with van der Waals surface area (Å²) in [5, 5.41) is 12.1. The lowest BCUT2D eigenvalue weighted by Gasteiger charge is -1.60. The van der Waals surface area contributed by atoms with Crippen LogP contribution >= 0.6 is 11.3 Å².